The molecule has 1 fully saturated rings. The van der Waals surface area contributed by atoms with Crippen LogP contribution in [0.15, 0.2) is 12.1 Å². The quantitative estimate of drug-likeness (QED) is 0.816. The van der Waals surface area contributed by atoms with E-state index in [1.165, 1.54) is 19.3 Å². The van der Waals surface area contributed by atoms with Crippen LogP contribution >= 0.6 is 0 Å². The summed E-state index contributed by atoms with van der Waals surface area (Å²) in [6, 6.07) is 3.87. The van der Waals surface area contributed by atoms with Gasteiger partial charge in [-0.05, 0) is 38.8 Å². The largest absolute Gasteiger partial charge is 0.477 e. The zero-order valence-electron chi connectivity index (χ0n) is 11.9. The Morgan fingerprint density at radius 2 is 2.35 bits per heavy atom. The van der Waals surface area contributed by atoms with E-state index < -0.39 is 0 Å². The second-order valence-corrected chi connectivity index (χ2v) is 4.90. The van der Waals surface area contributed by atoms with Gasteiger partial charge in [0.05, 0.1) is 6.61 Å². The Morgan fingerprint density at radius 3 is 3.00 bits per heavy atom. The summed E-state index contributed by atoms with van der Waals surface area (Å²) in [4.78, 5) is 11.5. The lowest BCUT2D eigenvalue weighted by atomic mass is 10.0. The number of piperidine rings is 1. The molecule has 1 aromatic rings. The van der Waals surface area contributed by atoms with Gasteiger partial charge in [-0.15, -0.1) is 10.2 Å². The monoisotopic (exact) mass is 278 g/mol. The number of aromatic nitrogens is 2. The molecule has 20 heavy (non-hydrogen) atoms. The number of hydrogen-bond acceptors (Lipinski definition) is 5. The van der Waals surface area contributed by atoms with E-state index in [-0.39, 0.29) is 5.91 Å². The summed E-state index contributed by atoms with van der Waals surface area (Å²) in [6.45, 7) is 4.16. The molecule has 1 amide bonds. The lowest BCUT2D eigenvalue weighted by molar-refractivity contribution is 0.0949. The van der Waals surface area contributed by atoms with E-state index >= 15 is 0 Å². The van der Waals surface area contributed by atoms with Crippen molar-refractivity contribution in [3.8, 4) is 5.88 Å². The van der Waals surface area contributed by atoms with Gasteiger partial charge in [-0.25, -0.2) is 0 Å². The van der Waals surface area contributed by atoms with Gasteiger partial charge in [-0.3, -0.25) is 4.79 Å². The number of amides is 1. The number of carbonyl (C=O) groups excluding carboxylic acids is 1. The van der Waals surface area contributed by atoms with Crippen LogP contribution in [0.1, 0.15) is 43.1 Å². The van der Waals surface area contributed by atoms with E-state index in [1.807, 2.05) is 6.92 Å². The number of hydrogen-bond donors (Lipinski definition) is 2. The third-order valence-corrected chi connectivity index (χ3v) is 3.34. The molecular formula is C14H22N4O2. The molecule has 2 N–H and O–H groups in total. The molecule has 1 saturated heterocycles. The van der Waals surface area contributed by atoms with Gasteiger partial charge in [0.2, 0.25) is 5.88 Å². The highest BCUT2D eigenvalue weighted by atomic mass is 16.5. The van der Waals surface area contributed by atoms with Gasteiger partial charge in [0.15, 0.2) is 5.69 Å². The molecule has 0 saturated carbocycles. The molecular weight excluding hydrogens is 256 g/mol. The van der Waals surface area contributed by atoms with Crippen LogP contribution in [-0.2, 0) is 0 Å². The average molecular weight is 278 g/mol. The van der Waals surface area contributed by atoms with E-state index in [1.54, 1.807) is 12.1 Å². The molecule has 1 aliphatic heterocycles. The van der Waals surface area contributed by atoms with Crippen LogP contribution in [0, 0.1) is 0 Å². The van der Waals surface area contributed by atoms with Gasteiger partial charge in [0.25, 0.3) is 5.91 Å². The van der Waals surface area contributed by atoms with Gasteiger partial charge in [0.1, 0.15) is 0 Å². The van der Waals surface area contributed by atoms with Crippen LogP contribution in [0.4, 0.5) is 0 Å². The molecule has 0 bridgehead atoms. The Kier molecular flexibility index (Phi) is 5.73. The second kappa shape index (κ2) is 7.79. The highest BCUT2D eigenvalue weighted by Crippen LogP contribution is 2.11. The SMILES string of the molecule is CCNC(=O)c1ccc(OCCC2CCCCN2)nn1. The fourth-order valence-electron chi connectivity index (χ4n) is 2.25. The number of nitrogens with one attached hydrogen (secondary N) is 2. The molecule has 0 aliphatic carbocycles. The maximum absolute atomic E-state index is 11.5. The number of nitrogens with zero attached hydrogens (tertiary/aromatic N) is 2. The van der Waals surface area contributed by atoms with E-state index in [9.17, 15) is 4.79 Å². The zero-order chi connectivity index (χ0) is 14.2. The topological polar surface area (TPSA) is 76.1 Å². The smallest absolute Gasteiger partial charge is 0.271 e. The molecule has 1 aromatic heterocycles. The zero-order valence-corrected chi connectivity index (χ0v) is 11.9. The third kappa shape index (κ3) is 4.45. The molecule has 0 radical (unpaired) electrons. The lowest BCUT2D eigenvalue weighted by Gasteiger charge is -2.23. The summed E-state index contributed by atoms with van der Waals surface area (Å²) >= 11 is 0. The fourth-order valence-corrected chi connectivity index (χ4v) is 2.25. The van der Waals surface area contributed by atoms with E-state index in [4.69, 9.17) is 4.74 Å². The molecule has 0 aromatic carbocycles. The molecule has 6 heteroatoms. The second-order valence-electron chi connectivity index (χ2n) is 4.90. The van der Waals surface area contributed by atoms with Crippen molar-refractivity contribution in [2.75, 3.05) is 19.7 Å². The summed E-state index contributed by atoms with van der Waals surface area (Å²) in [5.41, 5.74) is 0.313. The minimum Gasteiger partial charge on any atom is -0.477 e. The highest BCUT2D eigenvalue weighted by Gasteiger charge is 2.12. The van der Waals surface area contributed by atoms with Gasteiger partial charge >= 0.3 is 0 Å². The Bertz CT molecular complexity index is 416. The van der Waals surface area contributed by atoms with Crippen molar-refractivity contribution in [2.24, 2.45) is 0 Å². The Hall–Kier alpha value is -1.69. The summed E-state index contributed by atoms with van der Waals surface area (Å²) in [5.74, 6) is 0.256. The van der Waals surface area contributed by atoms with Crippen molar-refractivity contribution in [3.63, 3.8) is 0 Å². The molecule has 1 unspecified atom stereocenters. The van der Waals surface area contributed by atoms with Gasteiger partial charge in [-0.1, -0.05) is 6.42 Å². The first-order valence-corrected chi connectivity index (χ1v) is 7.27. The van der Waals surface area contributed by atoms with Crippen molar-refractivity contribution in [2.45, 2.75) is 38.6 Å². The van der Waals surface area contributed by atoms with Gasteiger partial charge in [-0.2, -0.15) is 0 Å². The molecule has 2 heterocycles. The fraction of sp³-hybridized carbons (Fsp3) is 0.643. The van der Waals surface area contributed by atoms with Gasteiger partial charge in [0, 0.05) is 18.7 Å². The molecule has 0 spiro atoms. The van der Waals surface area contributed by atoms with Crippen LogP contribution in [0.3, 0.4) is 0 Å². The van der Waals surface area contributed by atoms with Crippen molar-refractivity contribution in [3.05, 3.63) is 17.8 Å². The number of carbonyl (C=O) groups is 1. The molecule has 2 rings (SSSR count). The van der Waals surface area contributed by atoms with Crippen LogP contribution in [-0.4, -0.2) is 41.8 Å². The Labute approximate surface area is 119 Å². The van der Waals surface area contributed by atoms with Crippen molar-refractivity contribution < 1.29 is 9.53 Å². The van der Waals surface area contributed by atoms with E-state index in [2.05, 4.69) is 20.8 Å². The predicted octanol–water partition coefficient (Wildman–Crippen LogP) is 1.14. The predicted molar refractivity (Wildman–Crippen MR) is 75.8 cm³/mol. The summed E-state index contributed by atoms with van der Waals surface area (Å²) in [5, 5.41) is 13.9. The van der Waals surface area contributed by atoms with E-state index in [0.29, 0.717) is 30.8 Å². The maximum atomic E-state index is 11.5. The molecule has 1 atom stereocenters. The minimum atomic E-state index is -0.210. The van der Waals surface area contributed by atoms with Crippen LogP contribution < -0.4 is 15.4 Å². The summed E-state index contributed by atoms with van der Waals surface area (Å²) < 4.78 is 5.56. The van der Waals surface area contributed by atoms with Crippen LogP contribution in [0.25, 0.3) is 0 Å². The normalized spacial score (nSPS) is 18.6. The first-order chi connectivity index (χ1) is 9.79. The Morgan fingerprint density at radius 1 is 1.45 bits per heavy atom. The van der Waals surface area contributed by atoms with Crippen molar-refractivity contribution in [1.82, 2.24) is 20.8 Å². The lowest BCUT2D eigenvalue weighted by Crippen LogP contribution is -2.35. The molecule has 1 aliphatic rings. The maximum Gasteiger partial charge on any atom is 0.271 e. The highest BCUT2D eigenvalue weighted by molar-refractivity contribution is 5.91. The van der Waals surface area contributed by atoms with Crippen molar-refractivity contribution >= 4 is 5.91 Å². The van der Waals surface area contributed by atoms with Crippen molar-refractivity contribution in [1.29, 1.82) is 0 Å². The summed E-state index contributed by atoms with van der Waals surface area (Å²) in [7, 11) is 0. The van der Waals surface area contributed by atoms with Gasteiger partial charge < -0.3 is 15.4 Å². The first-order valence-electron chi connectivity index (χ1n) is 7.27. The summed E-state index contributed by atoms with van der Waals surface area (Å²) in [6.07, 6.45) is 4.74. The minimum absolute atomic E-state index is 0.210. The average Bonchev–Trinajstić information content (AvgIpc) is 2.49. The molecule has 110 valence electrons. The number of rotatable bonds is 6. The van der Waals surface area contributed by atoms with E-state index in [0.717, 1.165) is 13.0 Å². The Balaban J connectivity index is 1.74. The third-order valence-electron chi connectivity index (χ3n) is 3.34. The van der Waals surface area contributed by atoms with Crippen LogP contribution in [0.5, 0.6) is 5.88 Å². The standard InChI is InChI=1S/C14H22N4O2/c1-2-15-14(19)12-6-7-13(18-17-12)20-10-8-11-5-3-4-9-16-11/h6-7,11,16H,2-5,8-10H2,1H3,(H,15,19). The first kappa shape index (κ1) is 14.7. The number of ether oxygens (including phenoxy) is 1. The van der Waals surface area contributed by atoms with Crippen LogP contribution in [0.2, 0.25) is 0 Å². The molecule has 6 nitrogen and oxygen atoms in total.